The summed E-state index contributed by atoms with van der Waals surface area (Å²) in [5.74, 6) is 1.28. The molecule has 0 amide bonds. The van der Waals surface area contributed by atoms with E-state index < -0.39 is 6.29 Å². The summed E-state index contributed by atoms with van der Waals surface area (Å²) in [5, 5.41) is 5.45. The van der Waals surface area contributed by atoms with Crippen molar-refractivity contribution in [1.82, 2.24) is 0 Å². The molecule has 0 aliphatic carbocycles. The van der Waals surface area contributed by atoms with Gasteiger partial charge in [0.25, 0.3) is 0 Å². The van der Waals surface area contributed by atoms with Gasteiger partial charge < -0.3 is 0 Å². The van der Waals surface area contributed by atoms with Crippen LogP contribution in [0.25, 0.3) is 11.1 Å². The van der Waals surface area contributed by atoms with Crippen molar-refractivity contribution in [2.24, 2.45) is 0 Å². The van der Waals surface area contributed by atoms with Crippen molar-refractivity contribution in [2.45, 2.75) is 59.3 Å². The van der Waals surface area contributed by atoms with E-state index in [1.165, 1.54) is 49.0 Å². The van der Waals surface area contributed by atoms with E-state index in [-0.39, 0.29) is 0 Å². The van der Waals surface area contributed by atoms with Crippen LogP contribution >= 0.6 is 15.2 Å². The van der Waals surface area contributed by atoms with E-state index in [1.807, 2.05) is 0 Å². The second-order valence-electron chi connectivity index (χ2n) is 12.2. The molecular formula is C39H44P2. The summed E-state index contributed by atoms with van der Waals surface area (Å²) in [7, 11) is 3.55. The summed E-state index contributed by atoms with van der Waals surface area (Å²) in [4.78, 5) is 0. The zero-order chi connectivity index (χ0) is 29.2. The fourth-order valence-corrected chi connectivity index (χ4v) is 13.8. The Kier molecular flexibility index (Phi) is 8.39. The maximum atomic E-state index is 3.55. The Morgan fingerprint density at radius 2 is 0.829 bits per heavy atom. The predicted molar refractivity (Wildman–Crippen MR) is 189 cm³/mol. The van der Waals surface area contributed by atoms with Crippen LogP contribution in [0.4, 0.5) is 0 Å². The Morgan fingerprint density at radius 3 is 1.20 bits per heavy atom. The Labute approximate surface area is 250 Å². The van der Waals surface area contributed by atoms with Crippen molar-refractivity contribution in [3.05, 3.63) is 144 Å². The first-order chi connectivity index (χ1) is 19.7. The molecule has 0 nitrogen and oxygen atoms in total. The Balaban J connectivity index is 2.03. The van der Waals surface area contributed by atoms with Crippen LogP contribution in [0, 0.1) is 0 Å². The van der Waals surface area contributed by atoms with Gasteiger partial charge in [-0.05, 0) is 0 Å². The van der Waals surface area contributed by atoms with Crippen LogP contribution in [0.3, 0.4) is 0 Å². The minimum atomic E-state index is -3.30. The van der Waals surface area contributed by atoms with Crippen molar-refractivity contribution < 1.29 is 0 Å². The number of hydrogen-bond donors (Lipinski definition) is 0. The summed E-state index contributed by atoms with van der Waals surface area (Å²) >= 11 is 0. The monoisotopic (exact) mass is 574 g/mol. The molecule has 5 rings (SSSR count). The number of hydrogen-bond acceptors (Lipinski definition) is 0. The minimum absolute atomic E-state index is 0.398. The first-order valence-corrected chi connectivity index (χ1v) is 18.8. The first kappa shape index (κ1) is 29.5. The summed E-state index contributed by atoms with van der Waals surface area (Å²) in [6, 6.07) is 47.9. The number of benzene rings is 5. The van der Waals surface area contributed by atoms with Crippen LogP contribution in [0.2, 0.25) is 0 Å². The van der Waals surface area contributed by atoms with E-state index >= 15 is 0 Å². The molecular weight excluding hydrogens is 530 g/mol. The summed E-state index contributed by atoms with van der Waals surface area (Å²) < 4.78 is 0. The van der Waals surface area contributed by atoms with Crippen LogP contribution in [0.5, 0.6) is 0 Å². The molecule has 41 heavy (non-hydrogen) atoms. The fourth-order valence-electron chi connectivity index (χ4n) is 6.43. The molecule has 210 valence electrons. The third-order valence-electron chi connectivity index (χ3n) is 8.68. The van der Waals surface area contributed by atoms with Crippen LogP contribution < -0.4 is 21.2 Å². The van der Waals surface area contributed by atoms with Gasteiger partial charge >= 0.3 is 251 Å². The standard InChI is InChI=1S/C39H44P2/c1-28(2)31-26-36(29(3)4)39(37(27-31)30(5)6)35-24-16-17-25-38(35)41(40,32-18-10-7-11-19-32,33-20-12-8-13-21-33)34-22-14-9-15-23-34/h7-30H,40H2,1-6H3. The second-order valence-corrected chi connectivity index (χ2v) is 19.8. The van der Waals surface area contributed by atoms with Gasteiger partial charge in [-0.15, -0.1) is 0 Å². The molecule has 0 spiro atoms. The SMILES string of the molecule is CC(C)c1cc(C(C)C)c(-c2ccccc2P(P)(c2ccccc2)(c2ccccc2)c2ccccc2)c(C(C)C)c1. The number of rotatable bonds is 8. The molecule has 1 atom stereocenters. The molecule has 1 unspecified atom stereocenters. The molecule has 0 saturated heterocycles. The second kappa shape index (κ2) is 11.7. The van der Waals surface area contributed by atoms with Crippen molar-refractivity contribution in [2.75, 3.05) is 0 Å². The van der Waals surface area contributed by atoms with Crippen LogP contribution in [-0.2, 0) is 0 Å². The summed E-state index contributed by atoms with van der Waals surface area (Å²) in [6.07, 6.45) is -3.30. The van der Waals surface area contributed by atoms with Crippen molar-refractivity contribution in [1.29, 1.82) is 0 Å². The quantitative estimate of drug-likeness (QED) is 0.162. The average molecular weight is 575 g/mol. The summed E-state index contributed by atoms with van der Waals surface area (Å²) in [6.45, 7) is 14.0. The van der Waals surface area contributed by atoms with E-state index in [4.69, 9.17) is 0 Å². The zero-order valence-electron chi connectivity index (χ0n) is 25.4. The van der Waals surface area contributed by atoms with Crippen molar-refractivity contribution >= 4 is 36.4 Å². The first-order valence-electron chi connectivity index (χ1n) is 14.9. The molecule has 0 saturated carbocycles. The van der Waals surface area contributed by atoms with Gasteiger partial charge in [0.2, 0.25) is 0 Å². The molecule has 0 radical (unpaired) electrons. The molecule has 2 heteroatoms. The Hall–Kier alpha value is -3.04. The molecule has 0 heterocycles. The van der Waals surface area contributed by atoms with Gasteiger partial charge in [-0.25, -0.2) is 0 Å². The third kappa shape index (κ3) is 4.91. The van der Waals surface area contributed by atoms with Gasteiger partial charge in [0.1, 0.15) is 0 Å². The molecule has 0 aliphatic rings. The van der Waals surface area contributed by atoms with Crippen LogP contribution in [0.1, 0.15) is 76.0 Å². The molecule has 0 N–H and O–H groups in total. The molecule has 0 bridgehead atoms. The van der Waals surface area contributed by atoms with Crippen molar-refractivity contribution in [3.8, 4) is 11.1 Å². The van der Waals surface area contributed by atoms with Gasteiger partial charge in [-0.3, -0.25) is 0 Å². The molecule has 0 aliphatic heterocycles. The molecule has 0 fully saturated rings. The maximum absolute atomic E-state index is 3.55. The molecule has 5 aromatic rings. The average Bonchev–Trinajstić information content (AvgIpc) is 3.01. The zero-order valence-corrected chi connectivity index (χ0v) is 27.4. The van der Waals surface area contributed by atoms with Gasteiger partial charge in [0.15, 0.2) is 0 Å². The van der Waals surface area contributed by atoms with E-state index in [0.29, 0.717) is 17.8 Å². The van der Waals surface area contributed by atoms with E-state index in [0.717, 1.165) is 0 Å². The predicted octanol–water partition coefficient (Wildman–Crippen LogP) is 9.67. The van der Waals surface area contributed by atoms with Crippen molar-refractivity contribution in [3.63, 3.8) is 0 Å². The molecule has 5 aromatic carbocycles. The van der Waals surface area contributed by atoms with Gasteiger partial charge in [0.05, 0.1) is 0 Å². The topological polar surface area (TPSA) is 0 Å². The van der Waals surface area contributed by atoms with Gasteiger partial charge in [-0.1, -0.05) is 0 Å². The third-order valence-corrected chi connectivity index (χ3v) is 17.7. The fraction of sp³-hybridized carbons (Fsp3) is 0.231. The Morgan fingerprint density at radius 1 is 0.463 bits per heavy atom. The Bertz CT molecular complexity index is 1490. The van der Waals surface area contributed by atoms with Crippen LogP contribution in [-0.4, -0.2) is 0 Å². The summed E-state index contributed by atoms with van der Waals surface area (Å²) in [5.41, 5.74) is 7.07. The van der Waals surface area contributed by atoms with Crippen LogP contribution in [0.15, 0.2) is 127 Å². The van der Waals surface area contributed by atoms with Gasteiger partial charge in [-0.2, -0.15) is 0 Å². The van der Waals surface area contributed by atoms with E-state index in [1.54, 1.807) is 0 Å². The van der Waals surface area contributed by atoms with E-state index in [2.05, 4.69) is 178 Å². The van der Waals surface area contributed by atoms with E-state index in [9.17, 15) is 0 Å². The molecule has 0 aromatic heterocycles. The normalized spacial score (nSPS) is 13.0. The van der Waals surface area contributed by atoms with Gasteiger partial charge in [0, 0.05) is 0 Å².